The molecule has 0 bridgehead atoms. The van der Waals surface area contributed by atoms with E-state index in [-0.39, 0.29) is 12.4 Å². The summed E-state index contributed by atoms with van der Waals surface area (Å²) >= 11 is 0. The summed E-state index contributed by atoms with van der Waals surface area (Å²) in [6, 6.07) is 7.55. The van der Waals surface area contributed by atoms with Crippen LogP contribution in [0.3, 0.4) is 0 Å². The molecule has 0 radical (unpaired) electrons. The average Bonchev–Trinajstić information content (AvgIpc) is 2.96. The Bertz CT molecular complexity index is 1040. The summed E-state index contributed by atoms with van der Waals surface area (Å²) in [7, 11) is 0. The molecule has 1 N–H and O–H groups in total. The molecule has 1 fully saturated rings. The maximum Gasteiger partial charge on any atom is 0.303 e. The van der Waals surface area contributed by atoms with E-state index in [0.29, 0.717) is 10.9 Å². The Morgan fingerprint density at radius 3 is 2.30 bits per heavy atom. The van der Waals surface area contributed by atoms with Crippen LogP contribution in [-0.2, 0) is 33.3 Å². The van der Waals surface area contributed by atoms with Crippen molar-refractivity contribution in [3.63, 3.8) is 0 Å². The van der Waals surface area contributed by atoms with Gasteiger partial charge in [0.25, 0.3) is 5.56 Å². The molecule has 1 aliphatic rings. The zero-order valence-corrected chi connectivity index (χ0v) is 16.6. The predicted octanol–water partition coefficient (Wildman–Crippen LogP) is 1.03. The number of ether oxygens (including phenoxy) is 4. The van der Waals surface area contributed by atoms with Gasteiger partial charge in [-0.15, -0.1) is 0 Å². The fourth-order valence-corrected chi connectivity index (χ4v) is 3.45. The lowest BCUT2D eigenvalue weighted by atomic mass is 10.1. The highest BCUT2D eigenvalue weighted by Crippen LogP contribution is 2.36. The van der Waals surface area contributed by atoms with E-state index >= 15 is 0 Å². The second-order valence-corrected chi connectivity index (χ2v) is 6.77. The quantitative estimate of drug-likeness (QED) is 0.558. The van der Waals surface area contributed by atoms with Crippen molar-refractivity contribution in [2.75, 3.05) is 6.61 Å². The number of carbonyl (C=O) groups is 3. The minimum absolute atomic E-state index is 0.220. The monoisotopic (exact) mass is 419 g/mol. The number of pyridine rings is 1. The molecule has 10 nitrogen and oxygen atoms in total. The number of benzene rings is 1. The summed E-state index contributed by atoms with van der Waals surface area (Å²) in [5, 5.41) is 10.5. The fraction of sp³-hybridized carbons (Fsp3) is 0.400. The van der Waals surface area contributed by atoms with Crippen LogP contribution in [0.15, 0.2) is 35.1 Å². The van der Waals surface area contributed by atoms with Gasteiger partial charge in [-0.2, -0.15) is 0 Å². The summed E-state index contributed by atoms with van der Waals surface area (Å²) in [6.45, 7) is 3.25. The van der Waals surface area contributed by atoms with E-state index in [9.17, 15) is 24.3 Å². The third kappa shape index (κ3) is 4.28. The molecular weight excluding hydrogens is 398 g/mol. The van der Waals surface area contributed by atoms with E-state index in [1.54, 1.807) is 24.3 Å². The number of aromatic hydroxyl groups is 1. The smallest absolute Gasteiger partial charge is 0.303 e. The molecule has 10 heteroatoms. The Kier molecular flexibility index (Phi) is 6.06. The molecule has 0 saturated carbocycles. The minimum atomic E-state index is -1.20. The first-order valence-electron chi connectivity index (χ1n) is 9.15. The van der Waals surface area contributed by atoms with Crippen LogP contribution in [0, 0.1) is 0 Å². The van der Waals surface area contributed by atoms with Gasteiger partial charge >= 0.3 is 17.9 Å². The van der Waals surface area contributed by atoms with Crippen molar-refractivity contribution >= 4 is 28.8 Å². The zero-order chi connectivity index (χ0) is 22.0. The molecule has 1 aromatic carbocycles. The largest absolute Gasteiger partial charge is 0.507 e. The van der Waals surface area contributed by atoms with E-state index in [1.165, 1.54) is 25.3 Å². The second-order valence-electron chi connectivity index (χ2n) is 6.77. The molecule has 0 unspecified atom stereocenters. The Hall–Kier alpha value is -3.40. The first-order valence-corrected chi connectivity index (χ1v) is 9.15. The maximum atomic E-state index is 12.8. The van der Waals surface area contributed by atoms with Gasteiger partial charge in [0.05, 0.1) is 5.52 Å². The molecular formula is C20H21NO9. The first kappa shape index (κ1) is 21.3. The zero-order valence-electron chi connectivity index (χ0n) is 16.6. The van der Waals surface area contributed by atoms with Crippen LogP contribution in [0.5, 0.6) is 5.75 Å². The van der Waals surface area contributed by atoms with Crippen molar-refractivity contribution in [2.24, 2.45) is 0 Å². The van der Waals surface area contributed by atoms with Gasteiger partial charge in [-0.25, -0.2) is 0 Å². The SMILES string of the molecule is CC(=O)OC[C@H]1O[C@@H](n2c(=O)cc(O)c3ccccc32)[C@H](OC(C)=O)[C@@H]1OC(C)=O. The molecule has 0 aliphatic carbocycles. The molecule has 30 heavy (non-hydrogen) atoms. The molecule has 4 atom stereocenters. The van der Waals surface area contributed by atoms with Gasteiger partial charge in [0, 0.05) is 32.2 Å². The highest BCUT2D eigenvalue weighted by molar-refractivity contribution is 5.85. The average molecular weight is 419 g/mol. The van der Waals surface area contributed by atoms with E-state index in [1.807, 2.05) is 0 Å². The van der Waals surface area contributed by atoms with Crippen LogP contribution in [0.4, 0.5) is 0 Å². The van der Waals surface area contributed by atoms with Crippen molar-refractivity contribution in [3.05, 3.63) is 40.7 Å². The number of hydrogen-bond acceptors (Lipinski definition) is 9. The highest BCUT2D eigenvalue weighted by atomic mass is 16.7. The molecule has 1 aromatic heterocycles. The van der Waals surface area contributed by atoms with Crippen LogP contribution in [0.1, 0.15) is 27.0 Å². The van der Waals surface area contributed by atoms with Gasteiger partial charge < -0.3 is 24.1 Å². The summed E-state index contributed by atoms with van der Waals surface area (Å²) in [6.07, 6.45) is -4.52. The van der Waals surface area contributed by atoms with E-state index in [0.717, 1.165) is 6.07 Å². The Balaban J connectivity index is 2.13. The van der Waals surface area contributed by atoms with E-state index < -0.39 is 48.0 Å². The van der Waals surface area contributed by atoms with Crippen LogP contribution < -0.4 is 5.56 Å². The number of esters is 3. The molecule has 2 aromatic rings. The summed E-state index contributed by atoms with van der Waals surface area (Å²) in [4.78, 5) is 47.4. The van der Waals surface area contributed by atoms with Gasteiger partial charge in [-0.3, -0.25) is 23.7 Å². The summed E-state index contributed by atoms with van der Waals surface area (Å²) < 4.78 is 22.8. The van der Waals surface area contributed by atoms with Gasteiger partial charge in [-0.1, -0.05) is 12.1 Å². The van der Waals surface area contributed by atoms with Crippen LogP contribution in [0.2, 0.25) is 0 Å². The van der Waals surface area contributed by atoms with Crippen molar-refractivity contribution in [1.29, 1.82) is 0 Å². The topological polar surface area (TPSA) is 130 Å². The fourth-order valence-electron chi connectivity index (χ4n) is 3.45. The molecule has 3 rings (SSSR count). The Morgan fingerprint density at radius 1 is 1.03 bits per heavy atom. The third-order valence-corrected chi connectivity index (χ3v) is 4.53. The van der Waals surface area contributed by atoms with Crippen molar-refractivity contribution in [1.82, 2.24) is 4.57 Å². The number of aromatic nitrogens is 1. The lowest BCUT2D eigenvalue weighted by Crippen LogP contribution is -2.41. The summed E-state index contributed by atoms with van der Waals surface area (Å²) in [5.74, 6) is -2.16. The third-order valence-electron chi connectivity index (χ3n) is 4.53. The number of nitrogens with zero attached hydrogens (tertiary/aromatic N) is 1. The lowest BCUT2D eigenvalue weighted by Gasteiger charge is -2.25. The van der Waals surface area contributed by atoms with Gasteiger partial charge in [-0.05, 0) is 12.1 Å². The van der Waals surface area contributed by atoms with Crippen molar-refractivity contribution in [2.45, 2.75) is 45.3 Å². The Labute approximate surface area is 170 Å². The van der Waals surface area contributed by atoms with Crippen LogP contribution >= 0.6 is 0 Å². The minimum Gasteiger partial charge on any atom is -0.507 e. The molecule has 0 spiro atoms. The standard InChI is InChI=1S/C20H21NO9/c1-10(22)27-9-16-18(28-11(2)23)19(29-12(3)24)20(30-16)21-14-7-5-4-6-13(14)15(25)8-17(21)26/h4-8,16,18-20,25H,9H2,1-3H3/t16-,18-,19-,20-/m1/s1. The van der Waals surface area contributed by atoms with E-state index in [4.69, 9.17) is 18.9 Å². The van der Waals surface area contributed by atoms with Crippen molar-refractivity contribution in [3.8, 4) is 5.75 Å². The normalized spacial score (nSPS) is 23.2. The Morgan fingerprint density at radius 2 is 1.67 bits per heavy atom. The molecule has 160 valence electrons. The van der Waals surface area contributed by atoms with Gasteiger partial charge in [0.2, 0.25) is 0 Å². The number of rotatable bonds is 5. The number of hydrogen-bond donors (Lipinski definition) is 1. The molecule has 1 aliphatic heterocycles. The van der Waals surface area contributed by atoms with Gasteiger partial charge in [0.1, 0.15) is 18.5 Å². The maximum absolute atomic E-state index is 12.8. The predicted molar refractivity (Wildman–Crippen MR) is 102 cm³/mol. The molecule has 0 amide bonds. The van der Waals surface area contributed by atoms with Gasteiger partial charge in [0.15, 0.2) is 18.4 Å². The molecule has 1 saturated heterocycles. The first-order chi connectivity index (χ1) is 14.2. The lowest BCUT2D eigenvalue weighted by molar-refractivity contribution is -0.166. The number of fused-ring (bicyclic) bond motifs is 1. The number of para-hydroxylation sites is 1. The molecule has 2 heterocycles. The second kappa shape index (κ2) is 8.54. The van der Waals surface area contributed by atoms with Crippen LogP contribution in [0.25, 0.3) is 10.9 Å². The number of carbonyl (C=O) groups excluding carboxylic acids is 3. The van der Waals surface area contributed by atoms with E-state index in [2.05, 4.69) is 0 Å². The van der Waals surface area contributed by atoms with Crippen LogP contribution in [-0.4, -0.2) is 52.5 Å². The van der Waals surface area contributed by atoms with Crippen molar-refractivity contribution < 1.29 is 38.4 Å². The highest BCUT2D eigenvalue weighted by Gasteiger charge is 2.51. The summed E-state index contributed by atoms with van der Waals surface area (Å²) in [5.41, 5.74) is -0.303.